The van der Waals surface area contributed by atoms with Gasteiger partial charge < -0.3 is 15.2 Å². The smallest absolute Gasteiger partial charge is 0.273 e. The number of hydrogen-bond acceptors (Lipinski definition) is 8. The van der Waals surface area contributed by atoms with E-state index in [1.54, 1.807) is 49.0 Å². The highest BCUT2D eigenvalue weighted by Crippen LogP contribution is 2.17. The molecule has 2 N–H and O–H groups in total. The van der Waals surface area contributed by atoms with Crippen LogP contribution in [-0.4, -0.2) is 49.0 Å². The number of nitrogens with zero attached hydrogens (tertiary/aromatic N) is 5. The summed E-state index contributed by atoms with van der Waals surface area (Å²) in [7, 11) is 1.72. The zero-order valence-corrected chi connectivity index (χ0v) is 17.3. The van der Waals surface area contributed by atoms with Crippen molar-refractivity contribution in [2.24, 2.45) is 7.05 Å². The zero-order chi connectivity index (χ0) is 22.7. The lowest BCUT2D eigenvalue weighted by atomic mass is 10.1. The predicted octanol–water partition coefficient (Wildman–Crippen LogP) is 1.45. The van der Waals surface area contributed by atoms with Crippen molar-refractivity contribution in [2.45, 2.75) is 13.0 Å². The van der Waals surface area contributed by atoms with Crippen LogP contribution in [0.25, 0.3) is 11.0 Å². The Kier molecular flexibility index (Phi) is 5.71. The van der Waals surface area contributed by atoms with Crippen LogP contribution >= 0.6 is 0 Å². The fourth-order valence-electron chi connectivity index (χ4n) is 3.06. The molecule has 0 spiro atoms. The van der Waals surface area contributed by atoms with Crippen molar-refractivity contribution in [3.8, 4) is 0 Å². The van der Waals surface area contributed by atoms with E-state index in [1.807, 2.05) is 0 Å². The maximum atomic E-state index is 12.7. The molecule has 11 nitrogen and oxygen atoms in total. The quantitative estimate of drug-likeness (QED) is 0.417. The largest absolute Gasteiger partial charge is 0.358 e. The Bertz CT molecular complexity index is 1300. The molecular weight excluding hydrogens is 414 g/mol. The zero-order valence-electron chi connectivity index (χ0n) is 17.3. The van der Waals surface area contributed by atoms with Crippen LogP contribution < -0.4 is 10.6 Å². The summed E-state index contributed by atoms with van der Waals surface area (Å²) in [6, 6.07) is 9.45. The molecule has 1 aromatic carbocycles. The van der Waals surface area contributed by atoms with Crippen molar-refractivity contribution in [3.05, 3.63) is 71.6 Å². The molecule has 11 heteroatoms. The monoisotopic (exact) mass is 433 g/mol. The average Bonchev–Trinajstić information content (AvgIpc) is 3.45. The van der Waals surface area contributed by atoms with E-state index in [2.05, 4.69) is 30.9 Å². The topological polar surface area (TPSA) is 145 Å². The molecule has 0 saturated heterocycles. The fraction of sp³-hybridized carbons (Fsp3) is 0.190. The number of aryl methyl sites for hydroxylation is 1. The van der Waals surface area contributed by atoms with E-state index < -0.39 is 17.9 Å². The number of Topliss-reactive ketones (excluding diaryl/α,β-unsaturated/α-hetero) is 1. The maximum absolute atomic E-state index is 12.7. The molecule has 2 amide bonds. The van der Waals surface area contributed by atoms with Gasteiger partial charge in [0.05, 0.1) is 24.2 Å². The average molecular weight is 433 g/mol. The minimum absolute atomic E-state index is 0.00125. The SMILES string of the molecule is C[C@@H](NC(=O)c1ncnc2c1cnn2C)c1cc(C(=O)NCC(=O)c2ccccc2)no1. The van der Waals surface area contributed by atoms with Crippen molar-refractivity contribution in [1.29, 1.82) is 0 Å². The molecule has 0 saturated carbocycles. The summed E-state index contributed by atoms with van der Waals surface area (Å²) < 4.78 is 6.75. The van der Waals surface area contributed by atoms with Crippen molar-refractivity contribution < 1.29 is 18.9 Å². The number of carbonyl (C=O) groups is 3. The molecule has 0 unspecified atom stereocenters. The Labute approximate surface area is 181 Å². The lowest BCUT2D eigenvalue weighted by Crippen LogP contribution is -2.29. The molecule has 32 heavy (non-hydrogen) atoms. The first-order chi connectivity index (χ1) is 15.4. The van der Waals surface area contributed by atoms with E-state index in [0.717, 1.165) is 0 Å². The minimum atomic E-state index is -0.593. The van der Waals surface area contributed by atoms with Crippen LogP contribution in [0, 0.1) is 0 Å². The van der Waals surface area contributed by atoms with Crippen LogP contribution in [0.15, 0.2) is 53.4 Å². The van der Waals surface area contributed by atoms with E-state index in [-0.39, 0.29) is 29.5 Å². The highest BCUT2D eigenvalue weighted by molar-refractivity contribution is 6.03. The first-order valence-corrected chi connectivity index (χ1v) is 9.70. The van der Waals surface area contributed by atoms with Gasteiger partial charge in [0.2, 0.25) is 0 Å². The van der Waals surface area contributed by atoms with Crippen LogP contribution in [0.4, 0.5) is 0 Å². The van der Waals surface area contributed by atoms with Crippen molar-refractivity contribution in [3.63, 3.8) is 0 Å². The number of hydrogen-bond donors (Lipinski definition) is 2. The Morgan fingerprint density at radius 3 is 2.69 bits per heavy atom. The third-order valence-corrected chi connectivity index (χ3v) is 4.79. The first-order valence-electron chi connectivity index (χ1n) is 9.70. The molecule has 0 radical (unpaired) electrons. The maximum Gasteiger partial charge on any atom is 0.273 e. The summed E-state index contributed by atoms with van der Waals surface area (Å²) in [6.07, 6.45) is 2.81. The number of benzene rings is 1. The van der Waals surface area contributed by atoms with Gasteiger partial charge in [-0.2, -0.15) is 5.10 Å². The van der Waals surface area contributed by atoms with Gasteiger partial charge in [-0.05, 0) is 6.92 Å². The highest BCUT2D eigenvalue weighted by atomic mass is 16.5. The lowest BCUT2D eigenvalue weighted by molar-refractivity contribution is 0.0897. The summed E-state index contributed by atoms with van der Waals surface area (Å²) in [5, 5.41) is 13.6. The number of nitrogens with one attached hydrogen (secondary N) is 2. The van der Waals surface area contributed by atoms with E-state index in [9.17, 15) is 14.4 Å². The Morgan fingerprint density at radius 2 is 1.91 bits per heavy atom. The number of amides is 2. The number of ketones is 1. The van der Waals surface area contributed by atoms with Crippen molar-refractivity contribution in [2.75, 3.05) is 6.54 Å². The second kappa shape index (κ2) is 8.76. The van der Waals surface area contributed by atoms with Gasteiger partial charge in [0.1, 0.15) is 12.0 Å². The summed E-state index contributed by atoms with van der Waals surface area (Å²) in [6.45, 7) is 1.51. The van der Waals surface area contributed by atoms with Gasteiger partial charge in [0, 0.05) is 18.7 Å². The van der Waals surface area contributed by atoms with Crippen LogP contribution in [0.3, 0.4) is 0 Å². The number of fused-ring (bicyclic) bond motifs is 1. The molecule has 0 aliphatic heterocycles. The second-order valence-corrected chi connectivity index (χ2v) is 7.01. The van der Waals surface area contributed by atoms with Crippen molar-refractivity contribution >= 4 is 28.6 Å². The van der Waals surface area contributed by atoms with Gasteiger partial charge in [-0.15, -0.1) is 0 Å². The number of rotatable bonds is 7. The molecule has 3 heterocycles. The number of aromatic nitrogens is 5. The predicted molar refractivity (Wildman–Crippen MR) is 112 cm³/mol. The minimum Gasteiger partial charge on any atom is -0.358 e. The molecule has 0 aliphatic rings. The first kappa shape index (κ1) is 20.8. The molecular formula is C21H19N7O4. The van der Waals surface area contributed by atoms with E-state index in [4.69, 9.17) is 4.52 Å². The standard InChI is InChI=1S/C21H19N7O4/c1-12(26-21(31)18-14-9-25-28(2)19(14)24-11-23-18)17-8-15(27-32-17)20(30)22-10-16(29)13-6-4-3-5-7-13/h3-9,11-12H,10H2,1-2H3,(H,22,30)(H,26,31)/t12-/m1/s1. The summed E-state index contributed by atoms with van der Waals surface area (Å²) in [5.41, 5.74) is 1.20. The Morgan fingerprint density at radius 1 is 1.12 bits per heavy atom. The van der Waals surface area contributed by atoms with E-state index in [0.29, 0.717) is 16.6 Å². The summed E-state index contributed by atoms with van der Waals surface area (Å²) in [5.74, 6) is -0.964. The van der Waals surface area contributed by atoms with Gasteiger partial charge in [-0.3, -0.25) is 19.1 Å². The van der Waals surface area contributed by atoms with Crippen LogP contribution in [0.5, 0.6) is 0 Å². The fourth-order valence-corrected chi connectivity index (χ4v) is 3.06. The molecule has 0 fully saturated rings. The van der Waals surface area contributed by atoms with Crippen molar-refractivity contribution in [1.82, 2.24) is 35.5 Å². The molecule has 4 aromatic rings. The van der Waals surface area contributed by atoms with Gasteiger partial charge in [0.15, 0.2) is 22.9 Å². The number of carbonyl (C=O) groups excluding carboxylic acids is 3. The second-order valence-electron chi connectivity index (χ2n) is 7.01. The third-order valence-electron chi connectivity index (χ3n) is 4.79. The Hall–Kier alpha value is -4.41. The van der Waals surface area contributed by atoms with Gasteiger partial charge >= 0.3 is 0 Å². The summed E-state index contributed by atoms with van der Waals surface area (Å²) in [4.78, 5) is 45.3. The normalized spacial score (nSPS) is 11.8. The van der Waals surface area contributed by atoms with Gasteiger partial charge in [-0.25, -0.2) is 9.97 Å². The molecule has 4 rings (SSSR count). The van der Waals surface area contributed by atoms with Crippen LogP contribution in [0.2, 0.25) is 0 Å². The lowest BCUT2D eigenvalue weighted by Gasteiger charge is -2.10. The molecule has 162 valence electrons. The highest BCUT2D eigenvalue weighted by Gasteiger charge is 2.21. The molecule has 0 bridgehead atoms. The van der Waals surface area contributed by atoms with Gasteiger partial charge in [0.25, 0.3) is 11.8 Å². The molecule has 3 aromatic heterocycles. The van der Waals surface area contributed by atoms with Gasteiger partial charge in [-0.1, -0.05) is 35.5 Å². The third kappa shape index (κ3) is 4.21. The van der Waals surface area contributed by atoms with E-state index in [1.165, 1.54) is 18.6 Å². The van der Waals surface area contributed by atoms with Crippen LogP contribution in [-0.2, 0) is 7.05 Å². The Balaban J connectivity index is 1.38. The molecule has 0 aliphatic carbocycles. The summed E-state index contributed by atoms with van der Waals surface area (Å²) >= 11 is 0. The van der Waals surface area contributed by atoms with Crippen LogP contribution in [0.1, 0.15) is 50.1 Å². The molecule has 1 atom stereocenters. The van der Waals surface area contributed by atoms with E-state index >= 15 is 0 Å².